The highest BCUT2D eigenvalue weighted by Crippen LogP contribution is 1.97. The van der Waals surface area contributed by atoms with Gasteiger partial charge in [0.05, 0.1) is 0 Å². The van der Waals surface area contributed by atoms with Gasteiger partial charge in [-0.05, 0) is 5.56 Å². The predicted molar refractivity (Wildman–Crippen MR) is 67.4 cm³/mol. The van der Waals surface area contributed by atoms with E-state index in [1.54, 1.807) is 0 Å². The van der Waals surface area contributed by atoms with E-state index in [2.05, 4.69) is 37.9 Å². The molecule has 0 bridgehead atoms. The Morgan fingerprint density at radius 2 is 1.80 bits per heavy atom. The smallest absolute Gasteiger partial charge is 0.0398 e. The van der Waals surface area contributed by atoms with Crippen LogP contribution in [0.15, 0.2) is 42.6 Å². The summed E-state index contributed by atoms with van der Waals surface area (Å²) in [6.07, 6.45) is 1.25. The molecular formula is C13H22N2. The minimum absolute atomic E-state index is 0.493. The molecule has 0 amide bonds. The second kappa shape index (κ2) is 9.28. The highest BCUT2D eigenvalue weighted by Gasteiger charge is 1.90. The summed E-state index contributed by atoms with van der Waals surface area (Å²) in [5.74, 6) is 0. The van der Waals surface area contributed by atoms with Gasteiger partial charge in [-0.2, -0.15) is 0 Å². The summed E-state index contributed by atoms with van der Waals surface area (Å²) in [7, 11) is 0. The maximum absolute atomic E-state index is 5.37. The molecule has 2 heteroatoms. The maximum Gasteiger partial charge on any atom is 0.0398 e. The fraction of sp³-hybridized carbons (Fsp3) is 0.385. The SMILES string of the molecule is C=C(CN)NCc1ccccc1.CCC. The lowest BCUT2D eigenvalue weighted by Gasteiger charge is -2.06. The molecule has 0 fully saturated rings. The summed E-state index contributed by atoms with van der Waals surface area (Å²) < 4.78 is 0. The van der Waals surface area contributed by atoms with Gasteiger partial charge < -0.3 is 11.1 Å². The number of rotatable bonds is 4. The van der Waals surface area contributed by atoms with E-state index in [-0.39, 0.29) is 0 Å². The van der Waals surface area contributed by atoms with Gasteiger partial charge in [-0.15, -0.1) is 0 Å². The van der Waals surface area contributed by atoms with E-state index >= 15 is 0 Å². The maximum atomic E-state index is 5.37. The van der Waals surface area contributed by atoms with Gasteiger partial charge in [0.25, 0.3) is 0 Å². The Morgan fingerprint density at radius 3 is 2.27 bits per heavy atom. The zero-order chi connectivity index (χ0) is 11.5. The lowest BCUT2D eigenvalue weighted by molar-refractivity contribution is 0.791. The minimum atomic E-state index is 0.493. The number of nitrogens with one attached hydrogen (secondary N) is 1. The molecule has 0 spiro atoms. The first-order chi connectivity index (χ1) is 7.24. The van der Waals surface area contributed by atoms with Crippen LogP contribution in [-0.4, -0.2) is 6.54 Å². The summed E-state index contributed by atoms with van der Waals surface area (Å²) in [4.78, 5) is 0. The van der Waals surface area contributed by atoms with Crippen LogP contribution in [0.3, 0.4) is 0 Å². The molecule has 1 rings (SSSR count). The lowest BCUT2D eigenvalue weighted by atomic mass is 10.2. The second-order valence-electron chi connectivity index (χ2n) is 3.35. The Balaban J connectivity index is 0.000000583. The summed E-state index contributed by atoms with van der Waals surface area (Å²) >= 11 is 0. The fourth-order valence-corrected chi connectivity index (χ4v) is 0.895. The Morgan fingerprint density at radius 1 is 1.27 bits per heavy atom. The average molecular weight is 206 g/mol. The highest BCUT2D eigenvalue weighted by atomic mass is 14.9. The van der Waals surface area contributed by atoms with Crippen molar-refractivity contribution in [3.63, 3.8) is 0 Å². The quantitative estimate of drug-likeness (QED) is 0.795. The number of benzene rings is 1. The first kappa shape index (κ1) is 13.7. The van der Waals surface area contributed by atoms with Gasteiger partial charge in [-0.3, -0.25) is 0 Å². The van der Waals surface area contributed by atoms with Crippen molar-refractivity contribution in [1.82, 2.24) is 5.32 Å². The van der Waals surface area contributed by atoms with Crippen molar-refractivity contribution in [2.75, 3.05) is 6.54 Å². The standard InChI is InChI=1S/C10H14N2.C3H8/c1-9(7-11)12-8-10-5-3-2-4-6-10;1-3-2/h2-6,12H,1,7-8,11H2;3H2,1-2H3. The Hall–Kier alpha value is -1.28. The van der Waals surface area contributed by atoms with E-state index in [4.69, 9.17) is 5.73 Å². The monoisotopic (exact) mass is 206 g/mol. The Bertz CT molecular complexity index is 254. The molecule has 2 nitrogen and oxygen atoms in total. The van der Waals surface area contributed by atoms with E-state index < -0.39 is 0 Å². The normalized spacial score (nSPS) is 8.73. The molecule has 0 heterocycles. The van der Waals surface area contributed by atoms with Gasteiger partial charge in [0.1, 0.15) is 0 Å². The summed E-state index contributed by atoms with van der Waals surface area (Å²) in [6.45, 7) is 9.30. The molecule has 0 aliphatic heterocycles. The van der Waals surface area contributed by atoms with Crippen molar-refractivity contribution in [2.45, 2.75) is 26.8 Å². The van der Waals surface area contributed by atoms with Gasteiger partial charge in [0, 0.05) is 18.8 Å². The van der Waals surface area contributed by atoms with E-state index in [0.717, 1.165) is 12.2 Å². The molecule has 0 saturated carbocycles. The molecule has 84 valence electrons. The van der Waals surface area contributed by atoms with E-state index in [0.29, 0.717) is 6.54 Å². The first-order valence-electron chi connectivity index (χ1n) is 5.40. The van der Waals surface area contributed by atoms with Gasteiger partial charge in [0.2, 0.25) is 0 Å². The third-order valence-electron chi connectivity index (χ3n) is 1.63. The number of hydrogen-bond donors (Lipinski definition) is 2. The van der Waals surface area contributed by atoms with Crippen LogP contribution in [0.2, 0.25) is 0 Å². The van der Waals surface area contributed by atoms with Crippen molar-refractivity contribution >= 4 is 0 Å². The zero-order valence-electron chi connectivity index (χ0n) is 9.79. The van der Waals surface area contributed by atoms with Crippen LogP contribution in [0.4, 0.5) is 0 Å². The van der Waals surface area contributed by atoms with Crippen molar-refractivity contribution in [2.24, 2.45) is 5.73 Å². The third-order valence-corrected chi connectivity index (χ3v) is 1.63. The van der Waals surface area contributed by atoms with Crippen LogP contribution in [0.5, 0.6) is 0 Å². The Labute approximate surface area is 93.2 Å². The predicted octanol–water partition coefficient (Wildman–Crippen LogP) is 2.66. The molecule has 15 heavy (non-hydrogen) atoms. The molecule has 0 aliphatic rings. The number of nitrogens with two attached hydrogens (primary N) is 1. The molecule has 1 aromatic rings. The zero-order valence-corrected chi connectivity index (χ0v) is 9.79. The average Bonchev–Trinajstić information content (AvgIpc) is 2.28. The first-order valence-corrected chi connectivity index (χ1v) is 5.40. The molecule has 0 aromatic heterocycles. The molecule has 3 N–H and O–H groups in total. The molecule has 0 atom stereocenters. The van der Waals surface area contributed by atoms with Gasteiger partial charge in [-0.1, -0.05) is 57.2 Å². The summed E-state index contributed by atoms with van der Waals surface area (Å²) in [5.41, 5.74) is 7.49. The fourth-order valence-electron chi connectivity index (χ4n) is 0.895. The van der Waals surface area contributed by atoms with Gasteiger partial charge in [0.15, 0.2) is 0 Å². The van der Waals surface area contributed by atoms with E-state index in [1.807, 2.05) is 18.2 Å². The lowest BCUT2D eigenvalue weighted by Crippen LogP contribution is -2.18. The van der Waals surface area contributed by atoms with E-state index in [9.17, 15) is 0 Å². The molecule has 0 radical (unpaired) electrons. The third kappa shape index (κ3) is 7.77. The van der Waals surface area contributed by atoms with Crippen molar-refractivity contribution < 1.29 is 0 Å². The van der Waals surface area contributed by atoms with Crippen LogP contribution >= 0.6 is 0 Å². The summed E-state index contributed by atoms with van der Waals surface area (Å²) in [5, 5.41) is 3.13. The number of hydrogen-bond acceptors (Lipinski definition) is 2. The van der Waals surface area contributed by atoms with Crippen LogP contribution in [-0.2, 0) is 6.54 Å². The van der Waals surface area contributed by atoms with Crippen molar-refractivity contribution in [3.05, 3.63) is 48.2 Å². The Kier molecular flexibility index (Phi) is 8.49. The molecule has 0 saturated heterocycles. The molecule has 0 aliphatic carbocycles. The van der Waals surface area contributed by atoms with Crippen LogP contribution < -0.4 is 11.1 Å². The van der Waals surface area contributed by atoms with Crippen LogP contribution in [0.25, 0.3) is 0 Å². The topological polar surface area (TPSA) is 38.0 Å². The van der Waals surface area contributed by atoms with Gasteiger partial charge >= 0.3 is 0 Å². The summed E-state index contributed by atoms with van der Waals surface area (Å²) in [6, 6.07) is 10.2. The van der Waals surface area contributed by atoms with Crippen molar-refractivity contribution in [3.8, 4) is 0 Å². The second-order valence-corrected chi connectivity index (χ2v) is 3.35. The van der Waals surface area contributed by atoms with Crippen LogP contribution in [0.1, 0.15) is 25.8 Å². The van der Waals surface area contributed by atoms with Crippen molar-refractivity contribution in [1.29, 1.82) is 0 Å². The molecule has 0 unspecified atom stereocenters. The molecule has 1 aromatic carbocycles. The van der Waals surface area contributed by atoms with Gasteiger partial charge in [-0.25, -0.2) is 0 Å². The van der Waals surface area contributed by atoms with E-state index in [1.165, 1.54) is 12.0 Å². The van der Waals surface area contributed by atoms with Crippen LogP contribution in [0, 0.1) is 0 Å². The molecular weight excluding hydrogens is 184 g/mol. The highest BCUT2D eigenvalue weighted by molar-refractivity contribution is 5.15. The largest absolute Gasteiger partial charge is 0.384 e. The minimum Gasteiger partial charge on any atom is -0.384 e.